The number of rotatable bonds is 8. The van der Waals surface area contributed by atoms with E-state index in [0.717, 1.165) is 24.2 Å². The molecule has 0 radical (unpaired) electrons. The molecule has 2 rings (SSSR count). The zero-order valence-corrected chi connectivity index (χ0v) is 12.0. The van der Waals surface area contributed by atoms with Gasteiger partial charge in [-0.1, -0.05) is 48.5 Å². The Labute approximate surface area is 125 Å². The third-order valence-corrected chi connectivity index (χ3v) is 3.25. The van der Waals surface area contributed by atoms with Crippen LogP contribution in [-0.2, 0) is 11.2 Å². The van der Waals surface area contributed by atoms with Crippen LogP contribution < -0.4 is 4.74 Å². The van der Waals surface area contributed by atoms with Crippen molar-refractivity contribution in [2.75, 3.05) is 6.61 Å². The van der Waals surface area contributed by atoms with Gasteiger partial charge in [-0.2, -0.15) is 0 Å². The number of hydrogen-bond donors (Lipinski definition) is 1. The molecule has 0 atom stereocenters. The summed E-state index contributed by atoms with van der Waals surface area (Å²) in [7, 11) is 0. The highest BCUT2D eigenvalue weighted by Gasteiger charge is 2.04. The lowest BCUT2D eigenvalue weighted by Crippen LogP contribution is -2.02. The van der Waals surface area contributed by atoms with Crippen molar-refractivity contribution < 1.29 is 14.6 Å². The molecular formula is C18H20O3. The normalized spacial score (nSPS) is 10.3. The molecule has 0 aliphatic carbocycles. The topological polar surface area (TPSA) is 46.5 Å². The van der Waals surface area contributed by atoms with Crippen molar-refractivity contribution >= 4 is 5.97 Å². The first-order valence-corrected chi connectivity index (χ1v) is 7.22. The smallest absolute Gasteiger partial charge is 0.303 e. The molecule has 110 valence electrons. The lowest BCUT2D eigenvalue weighted by molar-refractivity contribution is -0.137. The highest BCUT2D eigenvalue weighted by atomic mass is 16.5. The van der Waals surface area contributed by atoms with E-state index < -0.39 is 5.97 Å². The standard InChI is InChI=1S/C18H20O3/c19-18(20)12-6-7-13-21-17-11-5-4-10-16(17)14-15-8-2-1-3-9-15/h1-5,8-11H,6-7,12-14H2,(H,19,20). The van der Waals surface area contributed by atoms with E-state index in [0.29, 0.717) is 13.0 Å². The fourth-order valence-corrected chi connectivity index (χ4v) is 2.17. The Kier molecular flexibility index (Phi) is 5.83. The fraction of sp³-hybridized carbons (Fsp3) is 0.278. The van der Waals surface area contributed by atoms with Crippen LogP contribution in [-0.4, -0.2) is 17.7 Å². The minimum absolute atomic E-state index is 0.203. The van der Waals surface area contributed by atoms with Crippen molar-refractivity contribution in [3.8, 4) is 5.75 Å². The molecule has 3 nitrogen and oxygen atoms in total. The molecule has 0 bridgehead atoms. The van der Waals surface area contributed by atoms with Gasteiger partial charge in [0.15, 0.2) is 0 Å². The third-order valence-electron chi connectivity index (χ3n) is 3.25. The molecule has 2 aromatic rings. The van der Waals surface area contributed by atoms with Crippen LogP contribution in [0, 0.1) is 0 Å². The quantitative estimate of drug-likeness (QED) is 0.747. The molecule has 2 aromatic carbocycles. The van der Waals surface area contributed by atoms with E-state index in [2.05, 4.69) is 18.2 Å². The van der Waals surface area contributed by atoms with Gasteiger partial charge in [0.1, 0.15) is 5.75 Å². The molecule has 0 aliphatic heterocycles. The van der Waals surface area contributed by atoms with Crippen LogP contribution in [0.2, 0.25) is 0 Å². The van der Waals surface area contributed by atoms with Gasteiger partial charge in [-0.05, 0) is 30.0 Å². The molecule has 0 unspecified atom stereocenters. The van der Waals surface area contributed by atoms with Gasteiger partial charge in [-0.15, -0.1) is 0 Å². The number of unbranched alkanes of at least 4 members (excludes halogenated alkanes) is 1. The molecule has 0 saturated carbocycles. The number of hydrogen-bond acceptors (Lipinski definition) is 2. The van der Waals surface area contributed by atoms with E-state index >= 15 is 0 Å². The van der Waals surface area contributed by atoms with Crippen molar-refractivity contribution in [1.29, 1.82) is 0 Å². The summed E-state index contributed by atoms with van der Waals surface area (Å²) in [5.74, 6) is 0.135. The van der Waals surface area contributed by atoms with Crippen LogP contribution in [0.5, 0.6) is 5.75 Å². The number of carbonyl (C=O) groups is 1. The summed E-state index contributed by atoms with van der Waals surface area (Å²) in [4.78, 5) is 10.4. The van der Waals surface area contributed by atoms with Gasteiger partial charge in [0.2, 0.25) is 0 Å². The molecular weight excluding hydrogens is 264 g/mol. The molecule has 0 aromatic heterocycles. The van der Waals surface area contributed by atoms with Gasteiger partial charge >= 0.3 is 5.97 Å². The van der Waals surface area contributed by atoms with Gasteiger partial charge in [-0.3, -0.25) is 4.79 Å². The molecule has 1 N–H and O–H groups in total. The highest BCUT2D eigenvalue weighted by molar-refractivity contribution is 5.66. The van der Waals surface area contributed by atoms with Crippen molar-refractivity contribution in [2.45, 2.75) is 25.7 Å². The van der Waals surface area contributed by atoms with E-state index in [1.165, 1.54) is 5.56 Å². The summed E-state index contributed by atoms with van der Waals surface area (Å²) in [5.41, 5.74) is 2.40. The van der Waals surface area contributed by atoms with E-state index in [4.69, 9.17) is 9.84 Å². The molecule has 21 heavy (non-hydrogen) atoms. The zero-order chi connectivity index (χ0) is 14.9. The van der Waals surface area contributed by atoms with Gasteiger partial charge in [0.25, 0.3) is 0 Å². The Hall–Kier alpha value is -2.29. The minimum Gasteiger partial charge on any atom is -0.493 e. The van der Waals surface area contributed by atoms with Crippen LogP contribution in [0.3, 0.4) is 0 Å². The second-order valence-electron chi connectivity index (χ2n) is 4.97. The number of aliphatic carboxylic acids is 1. The van der Waals surface area contributed by atoms with Crippen LogP contribution in [0.4, 0.5) is 0 Å². The first-order chi connectivity index (χ1) is 10.3. The molecule has 0 saturated heterocycles. The predicted octanol–water partition coefficient (Wildman–Crippen LogP) is 3.91. The fourth-order valence-electron chi connectivity index (χ4n) is 2.17. The van der Waals surface area contributed by atoms with Gasteiger partial charge in [-0.25, -0.2) is 0 Å². The summed E-state index contributed by atoms with van der Waals surface area (Å²) in [6.07, 6.45) is 2.45. The second kappa shape index (κ2) is 8.10. The summed E-state index contributed by atoms with van der Waals surface area (Å²) in [6.45, 7) is 0.555. The van der Waals surface area contributed by atoms with E-state index in [1.807, 2.05) is 36.4 Å². The van der Waals surface area contributed by atoms with E-state index in [1.54, 1.807) is 0 Å². The van der Waals surface area contributed by atoms with E-state index in [-0.39, 0.29) is 6.42 Å². The van der Waals surface area contributed by atoms with Crippen molar-refractivity contribution in [1.82, 2.24) is 0 Å². The van der Waals surface area contributed by atoms with Crippen molar-refractivity contribution in [3.63, 3.8) is 0 Å². The first kappa shape index (κ1) is 15.1. The number of ether oxygens (including phenoxy) is 1. The molecule has 0 amide bonds. The monoisotopic (exact) mass is 284 g/mol. The Bertz CT molecular complexity index is 564. The molecule has 0 spiro atoms. The molecule has 0 heterocycles. The molecule has 3 heteroatoms. The Morgan fingerprint density at radius 3 is 2.43 bits per heavy atom. The Balaban J connectivity index is 1.89. The molecule has 0 aliphatic rings. The summed E-state index contributed by atoms with van der Waals surface area (Å²) < 4.78 is 5.80. The summed E-state index contributed by atoms with van der Waals surface area (Å²) in [6, 6.07) is 18.3. The lowest BCUT2D eigenvalue weighted by atomic mass is 10.0. The maximum absolute atomic E-state index is 10.4. The van der Waals surface area contributed by atoms with Crippen LogP contribution in [0.25, 0.3) is 0 Å². The van der Waals surface area contributed by atoms with Gasteiger partial charge in [0.05, 0.1) is 6.61 Å². The maximum Gasteiger partial charge on any atom is 0.303 e. The molecule has 0 fully saturated rings. The minimum atomic E-state index is -0.750. The lowest BCUT2D eigenvalue weighted by Gasteiger charge is -2.11. The Morgan fingerprint density at radius 1 is 0.952 bits per heavy atom. The second-order valence-corrected chi connectivity index (χ2v) is 4.97. The van der Waals surface area contributed by atoms with Gasteiger partial charge < -0.3 is 9.84 Å². The Morgan fingerprint density at radius 2 is 1.67 bits per heavy atom. The maximum atomic E-state index is 10.4. The SMILES string of the molecule is O=C(O)CCCCOc1ccccc1Cc1ccccc1. The number of benzene rings is 2. The zero-order valence-electron chi connectivity index (χ0n) is 12.0. The van der Waals surface area contributed by atoms with Crippen LogP contribution in [0.15, 0.2) is 54.6 Å². The predicted molar refractivity (Wildman–Crippen MR) is 82.7 cm³/mol. The number of carboxylic acid groups (broad SMARTS) is 1. The van der Waals surface area contributed by atoms with Crippen molar-refractivity contribution in [2.24, 2.45) is 0 Å². The van der Waals surface area contributed by atoms with Crippen LogP contribution in [0.1, 0.15) is 30.4 Å². The average molecular weight is 284 g/mol. The third kappa shape index (κ3) is 5.30. The van der Waals surface area contributed by atoms with Crippen LogP contribution >= 0.6 is 0 Å². The first-order valence-electron chi connectivity index (χ1n) is 7.22. The highest BCUT2D eigenvalue weighted by Crippen LogP contribution is 2.21. The average Bonchev–Trinajstić information content (AvgIpc) is 2.49. The summed E-state index contributed by atoms with van der Waals surface area (Å²) in [5, 5.41) is 8.60. The van der Waals surface area contributed by atoms with Crippen molar-refractivity contribution in [3.05, 3.63) is 65.7 Å². The van der Waals surface area contributed by atoms with Gasteiger partial charge in [0, 0.05) is 12.8 Å². The van der Waals surface area contributed by atoms with E-state index in [9.17, 15) is 4.79 Å². The summed E-state index contributed by atoms with van der Waals surface area (Å²) >= 11 is 0. The largest absolute Gasteiger partial charge is 0.493 e. The number of carboxylic acids is 1. The number of para-hydroxylation sites is 1.